The SMILES string of the molecule is COc1ccc(CN=C(N)N2CCN(c3ccc(Cl)cc3)CC2)nc1.I. The van der Waals surface area contributed by atoms with Gasteiger partial charge < -0.3 is 20.3 Å². The molecule has 8 heteroatoms. The highest BCUT2D eigenvalue weighted by Gasteiger charge is 2.18. The van der Waals surface area contributed by atoms with Crippen LogP contribution in [0, 0.1) is 0 Å². The minimum absolute atomic E-state index is 0. The Hall–Kier alpha value is -1.74. The molecule has 0 atom stereocenters. The second kappa shape index (κ2) is 9.82. The first-order valence-corrected chi connectivity index (χ1v) is 8.58. The first-order valence-electron chi connectivity index (χ1n) is 8.20. The van der Waals surface area contributed by atoms with Crippen molar-refractivity contribution in [3.8, 4) is 5.75 Å². The number of ether oxygens (including phenoxy) is 1. The van der Waals surface area contributed by atoms with E-state index >= 15 is 0 Å². The van der Waals surface area contributed by atoms with Crippen molar-refractivity contribution < 1.29 is 4.74 Å². The molecule has 140 valence electrons. The van der Waals surface area contributed by atoms with Crippen LogP contribution in [0.4, 0.5) is 5.69 Å². The number of guanidine groups is 1. The standard InChI is InChI=1S/C18H22ClN5O.HI/c1-25-17-7-4-15(21-13-17)12-22-18(20)24-10-8-23(9-11-24)16-5-2-14(19)3-6-16;/h2-7,13H,8-12H2,1H3,(H2,20,22);1H. The lowest BCUT2D eigenvalue weighted by atomic mass is 10.2. The summed E-state index contributed by atoms with van der Waals surface area (Å²) in [5.41, 5.74) is 8.19. The van der Waals surface area contributed by atoms with E-state index in [1.54, 1.807) is 13.3 Å². The summed E-state index contributed by atoms with van der Waals surface area (Å²) in [6, 6.07) is 11.7. The van der Waals surface area contributed by atoms with E-state index in [-0.39, 0.29) is 24.0 Å². The molecule has 2 heterocycles. The molecule has 2 N–H and O–H groups in total. The number of hydrogen-bond acceptors (Lipinski definition) is 4. The number of methoxy groups -OCH3 is 1. The molecule has 0 radical (unpaired) electrons. The lowest BCUT2D eigenvalue weighted by Crippen LogP contribution is -2.51. The first kappa shape index (κ1) is 20.6. The Morgan fingerprint density at radius 2 is 1.85 bits per heavy atom. The van der Waals surface area contributed by atoms with Crippen molar-refractivity contribution in [2.24, 2.45) is 10.7 Å². The average molecular weight is 488 g/mol. The van der Waals surface area contributed by atoms with Crippen LogP contribution in [-0.2, 0) is 6.54 Å². The number of hydrogen-bond donors (Lipinski definition) is 1. The molecule has 1 saturated heterocycles. The van der Waals surface area contributed by atoms with Crippen LogP contribution in [0.5, 0.6) is 5.75 Å². The number of piperazine rings is 1. The van der Waals surface area contributed by atoms with Crippen molar-refractivity contribution in [1.29, 1.82) is 0 Å². The van der Waals surface area contributed by atoms with Crippen LogP contribution in [0.25, 0.3) is 0 Å². The summed E-state index contributed by atoms with van der Waals surface area (Å²) in [6.45, 7) is 3.95. The molecule has 6 nitrogen and oxygen atoms in total. The molecule has 26 heavy (non-hydrogen) atoms. The number of nitrogens with zero attached hydrogens (tertiary/aromatic N) is 4. The van der Waals surface area contributed by atoms with Gasteiger partial charge in [-0.25, -0.2) is 4.99 Å². The number of halogens is 2. The van der Waals surface area contributed by atoms with Gasteiger partial charge in [-0.15, -0.1) is 24.0 Å². The van der Waals surface area contributed by atoms with E-state index in [0.29, 0.717) is 12.5 Å². The second-order valence-electron chi connectivity index (χ2n) is 5.81. The average Bonchev–Trinajstić information content (AvgIpc) is 2.67. The summed E-state index contributed by atoms with van der Waals surface area (Å²) in [5.74, 6) is 1.30. The maximum Gasteiger partial charge on any atom is 0.191 e. The maximum atomic E-state index is 6.14. The van der Waals surface area contributed by atoms with Crippen molar-refractivity contribution in [2.75, 3.05) is 38.2 Å². The number of aliphatic imine (C=N–C) groups is 1. The van der Waals surface area contributed by atoms with Crippen LogP contribution in [0.3, 0.4) is 0 Å². The Balaban J connectivity index is 0.00000243. The first-order chi connectivity index (χ1) is 12.2. The zero-order chi connectivity index (χ0) is 17.6. The maximum absolute atomic E-state index is 6.14. The smallest absolute Gasteiger partial charge is 0.191 e. The fourth-order valence-electron chi connectivity index (χ4n) is 2.73. The molecular formula is C18H23ClIN5O. The molecule has 2 aromatic rings. The van der Waals surface area contributed by atoms with Crippen LogP contribution in [0.1, 0.15) is 5.69 Å². The van der Waals surface area contributed by atoms with Gasteiger partial charge in [-0.2, -0.15) is 0 Å². The lowest BCUT2D eigenvalue weighted by molar-refractivity contribution is 0.380. The Morgan fingerprint density at radius 3 is 2.42 bits per heavy atom. The highest BCUT2D eigenvalue weighted by Crippen LogP contribution is 2.19. The predicted octanol–water partition coefficient (Wildman–Crippen LogP) is 3.00. The van der Waals surface area contributed by atoms with Gasteiger partial charge in [-0.3, -0.25) is 4.98 Å². The Morgan fingerprint density at radius 1 is 1.15 bits per heavy atom. The molecule has 1 aromatic heterocycles. The largest absolute Gasteiger partial charge is 0.495 e. The minimum atomic E-state index is 0. The number of aromatic nitrogens is 1. The zero-order valence-corrected chi connectivity index (χ0v) is 17.7. The molecule has 0 aliphatic carbocycles. The summed E-state index contributed by atoms with van der Waals surface area (Å²) in [5, 5.41) is 0.755. The molecule has 0 amide bonds. The fraction of sp³-hybridized carbons (Fsp3) is 0.333. The van der Waals surface area contributed by atoms with Gasteiger partial charge in [-0.1, -0.05) is 11.6 Å². The Kier molecular flexibility index (Phi) is 7.77. The van der Waals surface area contributed by atoms with E-state index in [1.807, 2.05) is 36.4 Å². The summed E-state index contributed by atoms with van der Waals surface area (Å²) < 4.78 is 5.10. The van der Waals surface area contributed by atoms with Gasteiger partial charge in [0.05, 0.1) is 25.5 Å². The monoisotopic (exact) mass is 487 g/mol. The fourth-order valence-corrected chi connectivity index (χ4v) is 2.86. The van der Waals surface area contributed by atoms with Gasteiger partial charge in [-0.05, 0) is 36.4 Å². The molecule has 0 saturated carbocycles. The molecular weight excluding hydrogens is 465 g/mol. The van der Waals surface area contributed by atoms with Gasteiger partial charge >= 0.3 is 0 Å². The van der Waals surface area contributed by atoms with Crippen LogP contribution in [0.15, 0.2) is 47.6 Å². The molecule has 0 unspecified atom stereocenters. The van der Waals surface area contributed by atoms with E-state index in [1.165, 1.54) is 5.69 Å². The number of nitrogens with two attached hydrogens (primary N) is 1. The molecule has 1 fully saturated rings. The molecule has 0 spiro atoms. The summed E-state index contributed by atoms with van der Waals surface area (Å²) in [4.78, 5) is 13.2. The van der Waals surface area contributed by atoms with Crippen molar-refractivity contribution in [3.63, 3.8) is 0 Å². The van der Waals surface area contributed by atoms with E-state index in [2.05, 4.69) is 19.8 Å². The topological polar surface area (TPSA) is 67.0 Å². The van der Waals surface area contributed by atoms with E-state index in [0.717, 1.165) is 42.6 Å². The van der Waals surface area contributed by atoms with E-state index in [4.69, 9.17) is 22.1 Å². The third-order valence-electron chi connectivity index (χ3n) is 4.23. The lowest BCUT2D eigenvalue weighted by Gasteiger charge is -2.36. The van der Waals surface area contributed by atoms with Crippen molar-refractivity contribution in [2.45, 2.75) is 6.54 Å². The number of pyridine rings is 1. The van der Waals surface area contributed by atoms with Crippen molar-refractivity contribution in [3.05, 3.63) is 53.3 Å². The quantitative estimate of drug-likeness (QED) is 0.408. The van der Waals surface area contributed by atoms with Crippen LogP contribution in [0.2, 0.25) is 5.02 Å². The molecule has 1 aliphatic rings. The van der Waals surface area contributed by atoms with Gasteiger partial charge in [0.15, 0.2) is 5.96 Å². The number of anilines is 1. The van der Waals surface area contributed by atoms with Crippen molar-refractivity contribution >= 4 is 47.2 Å². The highest BCUT2D eigenvalue weighted by atomic mass is 127. The van der Waals surface area contributed by atoms with Crippen LogP contribution < -0.4 is 15.4 Å². The van der Waals surface area contributed by atoms with Gasteiger partial charge in [0.25, 0.3) is 0 Å². The Bertz CT molecular complexity index is 715. The highest BCUT2D eigenvalue weighted by molar-refractivity contribution is 14.0. The Labute approximate surface area is 176 Å². The van der Waals surface area contributed by atoms with Gasteiger partial charge in [0.2, 0.25) is 0 Å². The molecule has 1 aliphatic heterocycles. The second-order valence-corrected chi connectivity index (χ2v) is 6.25. The van der Waals surface area contributed by atoms with E-state index in [9.17, 15) is 0 Å². The van der Waals surface area contributed by atoms with Crippen LogP contribution in [-0.4, -0.2) is 49.1 Å². The normalized spacial score (nSPS) is 14.8. The molecule has 1 aromatic carbocycles. The number of benzene rings is 1. The predicted molar refractivity (Wildman–Crippen MR) is 117 cm³/mol. The zero-order valence-electron chi connectivity index (χ0n) is 14.6. The van der Waals surface area contributed by atoms with Crippen LogP contribution >= 0.6 is 35.6 Å². The minimum Gasteiger partial charge on any atom is -0.495 e. The third kappa shape index (κ3) is 5.38. The summed E-state index contributed by atoms with van der Waals surface area (Å²) in [6.07, 6.45) is 1.69. The van der Waals surface area contributed by atoms with E-state index < -0.39 is 0 Å². The summed E-state index contributed by atoms with van der Waals surface area (Å²) >= 11 is 5.95. The molecule has 0 bridgehead atoms. The van der Waals surface area contributed by atoms with Crippen molar-refractivity contribution in [1.82, 2.24) is 9.88 Å². The summed E-state index contributed by atoms with van der Waals surface area (Å²) in [7, 11) is 1.62. The third-order valence-corrected chi connectivity index (χ3v) is 4.48. The number of rotatable bonds is 4. The molecule has 3 rings (SSSR count). The van der Waals surface area contributed by atoms with Gasteiger partial charge in [0, 0.05) is 36.9 Å². The van der Waals surface area contributed by atoms with Gasteiger partial charge in [0.1, 0.15) is 5.75 Å².